The molecule has 0 amide bonds. The molecule has 3 heterocycles. The van der Waals surface area contributed by atoms with E-state index in [4.69, 9.17) is 23.2 Å². The predicted molar refractivity (Wildman–Crippen MR) is 109 cm³/mol. The highest BCUT2D eigenvalue weighted by Gasteiger charge is 2.23. The standard InChI is InChI=1S/C19H17Cl2N5O2/c1-23-17-16(18(27)24(2)19(23)28)26-9-8-25(11-15(26)22-17)7-3-4-12-5-6-13(20)14(21)10-12/h5-6,10H,7-9,11H2,1-2H3. The van der Waals surface area contributed by atoms with Gasteiger partial charge < -0.3 is 4.57 Å². The molecule has 0 bridgehead atoms. The van der Waals surface area contributed by atoms with Crippen molar-refractivity contribution in [2.75, 3.05) is 13.1 Å². The van der Waals surface area contributed by atoms with Crippen LogP contribution < -0.4 is 11.2 Å². The van der Waals surface area contributed by atoms with Gasteiger partial charge in [0.05, 0.1) is 23.1 Å². The highest BCUT2D eigenvalue weighted by molar-refractivity contribution is 6.42. The molecule has 1 aliphatic rings. The zero-order valence-corrected chi connectivity index (χ0v) is 16.9. The Labute approximate surface area is 170 Å². The van der Waals surface area contributed by atoms with Crippen LogP contribution in [-0.4, -0.2) is 36.7 Å². The van der Waals surface area contributed by atoms with E-state index in [2.05, 4.69) is 21.7 Å². The second kappa shape index (κ2) is 7.13. The number of rotatable bonds is 1. The largest absolute Gasteiger partial charge is 0.332 e. The number of fused-ring (bicyclic) bond motifs is 3. The van der Waals surface area contributed by atoms with Crippen LogP contribution >= 0.6 is 23.2 Å². The van der Waals surface area contributed by atoms with E-state index >= 15 is 0 Å². The summed E-state index contributed by atoms with van der Waals surface area (Å²) in [6.45, 7) is 2.47. The topological polar surface area (TPSA) is 65.1 Å². The molecular formula is C19H17Cl2N5O2. The second-order valence-electron chi connectivity index (χ2n) is 6.70. The summed E-state index contributed by atoms with van der Waals surface area (Å²) < 4.78 is 4.43. The zero-order chi connectivity index (χ0) is 20.0. The smallest absolute Gasteiger partial charge is 0.320 e. The molecule has 0 saturated carbocycles. The Morgan fingerprint density at radius 1 is 1.11 bits per heavy atom. The monoisotopic (exact) mass is 417 g/mol. The number of hydrogen-bond acceptors (Lipinski definition) is 4. The van der Waals surface area contributed by atoms with Gasteiger partial charge in [0, 0.05) is 32.7 Å². The summed E-state index contributed by atoms with van der Waals surface area (Å²) in [7, 11) is 3.11. The van der Waals surface area contributed by atoms with Gasteiger partial charge in [-0.05, 0) is 18.2 Å². The van der Waals surface area contributed by atoms with Gasteiger partial charge in [0.15, 0.2) is 11.2 Å². The Morgan fingerprint density at radius 2 is 1.89 bits per heavy atom. The SMILES string of the molecule is Cn1c(=O)c2c(nc3n2CCN(CC#Cc2ccc(Cl)c(Cl)c2)C3)n(C)c1=O. The molecule has 0 aliphatic carbocycles. The van der Waals surface area contributed by atoms with Crippen LogP contribution in [0.15, 0.2) is 27.8 Å². The summed E-state index contributed by atoms with van der Waals surface area (Å²) in [6, 6.07) is 5.29. The van der Waals surface area contributed by atoms with Gasteiger partial charge in [0.25, 0.3) is 5.56 Å². The van der Waals surface area contributed by atoms with Gasteiger partial charge in [-0.25, -0.2) is 9.78 Å². The molecule has 0 N–H and O–H groups in total. The fourth-order valence-electron chi connectivity index (χ4n) is 3.34. The van der Waals surface area contributed by atoms with Crippen LogP contribution in [0.2, 0.25) is 10.0 Å². The average molecular weight is 418 g/mol. The second-order valence-corrected chi connectivity index (χ2v) is 7.51. The molecule has 0 fully saturated rings. The first-order valence-electron chi connectivity index (χ1n) is 8.68. The van der Waals surface area contributed by atoms with Crippen molar-refractivity contribution in [2.45, 2.75) is 13.1 Å². The fourth-order valence-corrected chi connectivity index (χ4v) is 3.63. The van der Waals surface area contributed by atoms with Crippen molar-refractivity contribution >= 4 is 34.4 Å². The van der Waals surface area contributed by atoms with E-state index < -0.39 is 0 Å². The van der Waals surface area contributed by atoms with Crippen molar-refractivity contribution in [3.05, 3.63) is 60.5 Å². The van der Waals surface area contributed by atoms with E-state index in [1.165, 1.54) is 11.6 Å². The van der Waals surface area contributed by atoms with Gasteiger partial charge in [-0.1, -0.05) is 35.0 Å². The maximum atomic E-state index is 12.5. The summed E-state index contributed by atoms with van der Waals surface area (Å²) in [4.78, 5) is 31.4. The Morgan fingerprint density at radius 3 is 2.64 bits per heavy atom. The summed E-state index contributed by atoms with van der Waals surface area (Å²) in [5.74, 6) is 6.98. The van der Waals surface area contributed by atoms with Crippen molar-refractivity contribution in [3.8, 4) is 11.8 Å². The lowest BCUT2D eigenvalue weighted by Gasteiger charge is -2.25. The number of nitrogens with zero attached hydrogens (tertiary/aromatic N) is 5. The van der Waals surface area contributed by atoms with E-state index in [-0.39, 0.29) is 11.2 Å². The number of aromatic nitrogens is 4. The number of imidazole rings is 1. The third-order valence-electron chi connectivity index (χ3n) is 4.89. The Kier molecular flexibility index (Phi) is 4.79. The molecule has 1 aromatic carbocycles. The minimum Gasteiger partial charge on any atom is -0.320 e. The van der Waals surface area contributed by atoms with Crippen molar-refractivity contribution in [1.29, 1.82) is 0 Å². The minimum absolute atomic E-state index is 0.315. The Bertz CT molecular complexity index is 1280. The molecule has 4 rings (SSSR count). The van der Waals surface area contributed by atoms with E-state index in [9.17, 15) is 9.59 Å². The third-order valence-corrected chi connectivity index (χ3v) is 5.63. The Hall–Kier alpha value is -2.53. The maximum Gasteiger partial charge on any atom is 0.332 e. The van der Waals surface area contributed by atoms with Crippen LogP contribution in [0.5, 0.6) is 0 Å². The lowest BCUT2D eigenvalue weighted by atomic mass is 10.2. The minimum atomic E-state index is -0.378. The average Bonchev–Trinajstić information content (AvgIpc) is 3.06. The van der Waals surface area contributed by atoms with Gasteiger partial charge in [-0.15, -0.1) is 0 Å². The molecule has 144 valence electrons. The molecule has 0 unspecified atom stereocenters. The first kappa shape index (κ1) is 18.8. The van der Waals surface area contributed by atoms with E-state index in [0.29, 0.717) is 40.8 Å². The highest BCUT2D eigenvalue weighted by atomic mass is 35.5. The summed E-state index contributed by atoms with van der Waals surface area (Å²) in [6.07, 6.45) is 0. The Balaban J connectivity index is 1.59. The summed E-state index contributed by atoms with van der Waals surface area (Å²) in [5.41, 5.74) is 1.01. The number of hydrogen-bond donors (Lipinski definition) is 0. The maximum absolute atomic E-state index is 12.5. The lowest BCUT2D eigenvalue weighted by molar-refractivity contribution is 0.245. The summed E-state index contributed by atoms with van der Waals surface area (Å²) in [5, 5.41) is 0.982. The van der Waals surface area contributed by atoms with Crippen LogP contribution in [0, 0.1) is 11.8 Å². The first-order chi connectivity index (χ1) is 13.4. The van der Waals surface area contributed by atoms with Gasteiger partial charge in [0.1, 0.15) is 5.82 Å². The molecule has 7 nitrogen and oxygen atoms in total. The van der Waals surface area contributed by atoms with Crippen molar-refractivity contribution in [1.82, 2.24) is 23.6 Å². The summed E-state index contributed by atoms with van der Waals surface area (Å²) >= 11 is 11.9. The normalized spacial score (nSPS) is 14.0. The number of aryl methyl sites for hydroxylation is 1. The molecule has 0 radical (unpaired) electrons. The van der Waals surface area contributed by atoms with Crippen molar-refractivity contribution in [3.63, 3.8) is 0 Å². The van der Waals surface area contributed by atoms with E-state index in [0.717, 1.165) is 22.5 Å². The molecule has 28 heavy (non-hydrogen) atoms. The quantitative estimate of drug-likeness (QED) is 0.564. The van der Waals surface area contributed by atoms with Crippen LogP contribution in [-0.2, 0) is 27.2 Å². The van der Waals surface area contributed by atoms with E-state index in [1.54, 1.807) is 19.2 Å². The van der Waals surface area contributed by atoms with Gasteiger partial charge in [-0.3, -0.25) is 18.8 Å². The van der Waals surface area contributed by atoms with Gasteiger partial charge in [-0.2, -0.15) is 0 Å². The number of benzene rings is 1. The predicted octanol–water partition coefficient (Wildman–Crippen LogP) is 1.61. The van der Waals surface area contributed by atoms with Crippen LogP contribution in [0.3, 0.4) is 0 Å². The van der Waals surface area contributed by atoms with Crippen LogP contribution in [0.1, 0.15) is 11.4 Å². The molecule has 0 spiro atoms. The molecule has 1 aliphatic heterocycles. The van der Waals surface area contributed by atoms with Crippen molar-refractivity contribution < 1.29 is 0 Å². The molecule has 0 atom stereocenters. The number of halogens is 2. The third kappa shape index (κ3) is 3.14. The zero-order valence-electron chi connectivity index (χ0n) is 15.4. The van der Waals surface area contributed by atoms with Crippen LogP contribution in [0.4, 0.5) is 0 Å². The van der Waals surface area contributed by atoms with Gasteiger partial charge >= 0.3 is 5.69 Å². The molecule has 3 aromatic rings. The van der Waals surface area contributed by atoms with Crippen molar-refractivity contribution in [2.24, 2.45) is 14.1 Å². The molecule has 2 aromatic heterocycles. The fraction of sp³-hybridized carbons (Fsp3) is 0.316. The molecule has 0 saturated heterocycles. The molecule has 9 heteroatoms. The lowest BCUT2D eigenvalue weighted by Crippen LogP contribution is -2.38. The van der Waals surface area contributed by atoms with Gasteiger partial charge in [0.2, 0.25) is 0 Å². The molecular weight excluding hydrogens is 401 g/mol. The highest BCUT2D eigenvalue weighted by Crippen LogP contribution is 2.22. The first-order valence-corrected chi connectivity index (χ1v) is 9.44. The van der Waals surface area contributed by atoms with E-state index in [1.807, 2.05) is 10.6 Å². The van der Waals surface area contributed by atoms with Crippen LogP contribution in [0.25, 0.3) is 11.2 Å².